The molecule has 1 heterocycles. The lowest BCUT2D eigenvalue weighted by atomic mass is 9.99. The van der Waals surface area contributed by atoms with E-state index in [1.165, 1.54) is 14.0 Å². The maximum Gasteiger partial charge on any atom is 0.328 e. The van der Waals surface area contributed by atoms with Crippen LogP contribution in [0.3, 0.4) is 0 Å². The molecule has 1 fully saturated rings. The van der Waals surface area contributed by atoms with E-state index >= 15 is 0 Å². The van der Waals surface area contributed by atoms with Crippen LogP contribution in [-0.4, -0.2) is 89.9 Å². The molecule has 0 aromatic heterocycles. The van der Waals surface area contributed by atoms with Gasteiger partial charge in [0, 0.05) is 7.05 Å². The van der Waals surface area contributed by atoms with E-state index in [2.05, 4.69) is 0 Å². The van der Waals surface area contributed by atoms with E-state index in [0.29, 0.717) is 11.3 Å². The summed E-state index contributed by atoms with van der Waals surface area (Å²) >= 11 is 0. The van der Waals surface area contributed by atoms with Crippen molar-refractivity contribution in [3.63, 3.8) is 0 Å². The van der Waals surface area contributed by atoms with E-state index < -0.39 is 42.0 Å². The summed E-state index contributed by atoms with van der Waals surface area (Å²) in [5.74, 6) is -2.66. The van der Waals surface area contributed by atoms with Crippen molar-refractivity contribution in [1.82, 2.24) is 14.6 Å². The van der Waals surface area contributed by atoms with E-state index in [4.69, 9.17) is 12.7 Å². The van der Waals surface area contributed by atoms with Crippen molar-refractivity contribution < 1.29 is 29.0 Å². The molecule has 1 aliphatic heterocycles. The first-order valence-corrected chi connectivity index (χ1v) is 9.73. The lowest BCUT2D eigenvalue weighted by Gasteiger charge is -2.33. The predicted molar refractivity (Wildman–Crippen MR) is 109 cm³/mol. The summed E-state index contributed by atoms with van der Waals surface area (Å²) in [6, 6.07) is 5.37. The maximum absolute atomic E-state index is 13.0. The zero-order valence-corrected chi connectivity index (χ0v) is 17.4. The van der Waals surface area contributed by atoms with E-state index in [1.807, 2.05) is 30.3 Å². The largest absolute Gasteiger partial charge is 0.480 e. The number of imide groups is 1. The number of carbonyl (C=O) groups is 4. The first-order chi connectivity index (χ1) is 14.2. The molecule has 30 heavy (non-hydrogen) atoms. The van der Waals surface area contributed by atoms with Gasteiger partial charge in [0.2, 0.25) is 5.91 Å². The second-order valence-electron chi connectivity index (χ2n) is 7.14. The fraction of sp³-hybridized carbons (Fsp3) is 0.500. The third kappa shape index (κ3) is 5.18. The van der Waals surface area contributed by atoms with Crippen LogP contribution in [-0.2, 0) is 25.5 Å². The zero-order valence-electron chi connectivity index (χ0n) is 17.4. The number of nitrogens with zero attached hydrogens (tertiary/aromatic N) is 3. The molecule has 0 aliphatic carbocycles. The molecule has 0 spiro atoms. The number of ether oxygens (including phenoxy) is 1. The second kappa shape index (κ2) is 10.2. The van der Waals surface area contributed by atoms with E-state index in [1.54, 1.807) is 6.92 Å². The average Bonchev–Trinajstić information content (AvgIpc) is 3.02. The van der Waals surface area contributed by atoms with Crippen molar-refractivity contribution >= 4 is 31.9 Å². The third-order valence-electron chi connectivity index (χ3n) is 5.09. The molecule has 3 amide bonds. The van der Waals surface area contributed by atoms with Crippen LogP contribution in [0.5, 0.6) is 0 Å². The van der Waals surface area contributed by atoms with Crippen LogP contribution in [0.4, 0.5) is 4.79 Å². The molecule has 3 atom stereocenters. The van der Waals surface area contributed by atoms with Crippen LogP contribution < -0.4 is 0 Å². The van der Waals surface area contributed by atoms with Crippen molar-refractivity contribution in [3.8, 4) is 0 Å². The number of likely N-dealkylation sites (N-methyl/N-ethyl adjacent to an activating group) is 1. The number of urea groups is 1. The number of carbonyl (C=O) groups excluding carboxylic acids is 3. The maximum atomic E-state index is 13.0. The number of hydrogen-bond donors (Lipinski definition) is 1. The fourth-order valence-corrected chi connectivity index (χ4v) is 3.35. The number of aryl methyl sites for hydroxylation is 1. The van der Waals surface area contributed by atoms with Gasteiger partial charge in [-0.25, -0.2) is 14.5 Å². The molecule has 1 saturated heterocycles. The lowest BCUT2D eigenvalue weighted by Crippen LogP contribution is -2.55. The van der Waals surface area contributed by atoms with Crippen molar-refractivity contribution in [2.75, 3.05) is 20.2 Å². The summed E-state index contributed by atoms with van der Waals surface area (Å²) in [7, 11) is 7.55. The highest BCUT2D eigenvalue weighted by Gasteiger charge is 2.46. The van der Waals surface area contributed by atoms with Gasteiger partial charge in [0.1, 0.15) is 0 Å². The van der Waals surface area contributed by atoms with Gasteiger partial charge in [-0.2, -0.15) is 0 Å². The van der Waals surface area contributed by atoms with E-state index in [9.17, 15) is 24.3 Å². The van der Waals surface area contributed by atoms with Crippen LogP contribution >= 0.6 is 0 Å². The highest BCUT2D eigenvalue weighted by molar-refractivity contribution is 6.10. The summed E-state index contributed by atoms with van der Waals surface area (Å²) in [4.78, 5) is 52.2. The van der Waals surface area contributed by atoms with Crippen molar-refractivity contribution in [2.24, 2.45) is 0 Å². The SMILES string of the molecule is [B]N([C@@H](C)C(=O)N1C(=O)N(C)C[C@H]1C(=O)O)[C@@H](CCc1ccccc1)C(=O)OCC. The number of carboxylic acid groups (broad SMARTS) is 1. The molecule has 2 rings (SSSR count). The van der Waals surface area contributed by atoms with Gasteiger partial charge >= 0.3 is 18.0 Å². The van der Waals surface area contributed by atoms with Crippen LogP contribution in [0.1, 0.15) is 25.8 Å². The molecule has 1 N–H and O–H groups in total. The van der Waals surface area contributed by atoms with Crippen molar-refractivity contribution in [1.29, 1.82) is 0 Å². The van der Waals surface area contributed by atoms with E-state index in [-0.39, 0.29) is 19.6 Å². The monoisotopic (exact) mass is 415 g/mol. The molecule has 0 unspecified atom stereocenters. The first kappa shape index (κ1) is 23.4. The first-order valence-electron chi connectivity index (χ1n) is 9.73. The molecule has 2 radical (unpaired) electrons. The van der Waals surface area contributed by atoms with Crippen molar-refractivity contribution in [2.45, 2.75) is 44.8 Å². The Morgan fingerprint density at radius 3 is 2.50 bits per heavy atom. The molecule has 0 saturated carbocycles. The number of rotatable bonds is 9. The Balaban J connectivity index is 2.19. The highest BCUT2D eigenvalue weighted by Crippen LogP contribution is 2.20. The van der Waals surface area contributed by atoms with Crippen LogP contribution in [0, 0.1) is 0 Å². The minimum absolute atomic E-state index is 0.119. The molecular weight excluding hydrogens is 389 g/mol. The van der Waals surface area contributed by atoms with Gasteiger partial charge in [-0.05, 0) is 32.3 Å². The number of carboxylic acids is 1. The number of amides is 3. The fourth-order valence-electron chi connectivity index (χ4n) is 3.35. The summed E-state index contributed by atoms with van der Waals surface area (Å²) in [5.41, 5.74) is 0.987. The second-order valence-corrected chi connectivity index (χ2v) is 7.14. The van der Waals surface area contributed by atoms with Gasteiger partial charge < -0.3 is 19.6 Å². The normalized spacial score (nSPS) is 18.4. The molecular formula is C20H26BN3O6. The van der Waals surface area contributed by atoms with Crippen LogP contribution in [0.2, 0.25) is 0 Å². The lowest BCUT2D eigenvalue weighted by molar-refractivity contribution is -0.151. The number of benzene rings is 1. The number of aliphatic carboxylic acids is 1. The van der Waals surface area contributed by atoms with Gasteiger partial charge in [0.15, 0.2) is 14.0 Å². The van der Waals surface area contributed by atoms with Gasteiger partial charge in [-0.3, -0.25) is 9.59 Å². The molecule has 1 aromatic rings. The zero-order chi connectivity index (χ0) is 22.4. The van der Waals surface area contributed by atoms with Gasteiger partial charge in [0.25, 0.3) is 0 Å². The summed E-state index contributed by atoms with van der Waals surface area (Å²) in [5, 5.41) is 9.37. The third-order valence-corrected chi connectivity index (χ3v) is 5.09. The van der Waals surface area contributed by atoms with Gasteiger partial charge in [-0.15, -0.1) is 0 Å². The predicted octanol–water partition coefficient (Wildman–Crippen LogP) is 0.672. The summed E-state index contributed by atoms with van der Waals surface area (Å²) in [6.07, 6.45) is 0.801. The Labute approximate surface area is 177 Å². The standard InChI is InChI=1S/C20H26BN3O6/c1-4-30-19(28)15(11-10-14-8-6-5-7-9-14)24(21)13(2)17(25)23-16(18(26)27)12-22(3)20(23)29/h5-9,13,15-16H,4,10-12H2,1-3H3,(H,26,27)/t13-,15-,16-/m0/s1. The molecule has 160 valence electrons. The number of hydrogen-bond acceptors (Lipinski definition) is 6. The van der Waals surface area contributed by atoms with Crippen molar-refractivity contribution in [3.05, 3.63) is 35.9 Å². The summed E-state index contributed by atoms with van der Waals surface area (Å²) < 4.78 is 5.11. The molecule has 1 aliphatic rings. The molecule has 0 bridgehead atoms. The molecule has 9 nitrogen and oxygen atoms in total. The Hall–Kier alpha value is -2.88. The van der Waals surface area contributed by atoms with Gasteiger partial charge in [-0.1, -0.05) is 30.3 Å². The van der Waals surface area contributed by atoms with Crippen LogP contribution in [0.15, 0.2) is 30.3 Å². The Bertz CT molecular complexity index is 790. The molecule has 10 heteroatoms. The Morgan fingerprint density at radius 2 is 1.93 bits per heavy atom. The van der Waals surface area contributed by atoms with Gasteiger partial charge in [0.05, 0.1) is 25.2 Å². The molecule has 1 aromatic carbocycles. The summed E-state index contributed by atoms with van der Waals surface area (Å²) in [6.45, 7) is 3.12. The Kier molecular flexibility index (Phi) is 7.99. The highest BCUT2D eigenvalue weighted by atomic mass is 16.5. The van der Waals surface area contributed by atoms with Crippen LogP contribution in [0.25, 0.3) is 0 Å². The average molecular weight is 415 g/mol. The minimum Gasteiger partial charge on any atom is -0.480 e. The topological polar surface area (TPSA) is 107 Å². The van der Waals surface area contributed by atoms with E-state index in [0.717, 1.165) is 15.3 Å². The smallest absolute Gasteiger partial charge is 0.328 e. The Morgan fingerprint density at radius 1 is 1.30 bits per heavy atom. The minimum atomic E-state index is -1.31. The quantitative estimate of drug-likeness (QED) is 0.467. The number of esters is 1.